The van der Waals surface area contributed by atoms with E-state index in [0.29, 0.717) is 5.82 Å². The summed E-state index contributed by atoms with van der Waals surface area (Å²) in [5.41, 5.74) is 13.2. The first-order chi connectivity index (χ1) is 29.8. The highest BCUT2D eigenvalue weighted by Gasteiger charge is 2.22. The molecular weight excluding hydrogens is 729 g/mol. The highest BCUT2D eigenvalue weighted by atomic mass is 14.9. The van der Waals surface area contributed by atoms with Crippen molar-refractivity contribution in [2.24, 2.45) is 0 Å². The number of rotatable bonds is 5. The van der Waals surface area contributed by atoms with Crippen molar-refractivity contribution in [1.29, 1.82) is 0 Å². The summed E-state index contributed by atoms with van der Waals surface area (Å²) in [4.78, 5) is 21.6. The summed E-state index contributed by atoms with van der Waals surface area (Å²) in [6.07, 6.45) is 0. The van der Waals surface area contributed by atoms with Gasteiger partial charge in [-0.15, -0.1) is 0 Å². The van der Waals surface area contributed by atoms with Crippen LogP contribution in [0.2, 0.25) is 0 Å². The van der Waals surface area contributed by atoms with E-state index < -0.39 is 0 Å². The van der Waals surface area contributed by atoms with Crippen molar-refractivity contribution in [3.05, 3.63) is 206 Å². The fourth-order valence-electron chi connectivity index (χ4n) is 9.10. The van der Waals surface area contributed by atoms with Crippen molar-refractivity contribution >= 4 is 65.2 Å². The first-order valence-corrected chi connectivity index (χ1v) is 20.3. The zero-order valence-electron chi connectivity index (χ0n) is 32.4. The molecule has 0 aliphatic rings. The van der Waals surface area contributed by atoms with Gasteiger partial charge in [-0.1, -0.05) is 188 Å². The minimum absolute atomic E-state index is 0.691. The molecule has 3 aromatic heterocycles. The molecule has 0 amide bonds. The van der Waals surface area contributed by atoms with Gasteiger partial charge in [0.05, 0.1) is 33.5 Å². The molecule has 0 N–H and O–H groups in total. The Kier molecular flexibility index (Phi) is 7.82. The highest BCUT2D eigenvalue weighted by Crippen LogP contribution is 2.44. The van der Waals surface area contributed by atoms with Crippen molar-refractivity contribution < 1.29 is 0 Å². The molecule has 0 unspecified atom stereocenters. The number of benzene rings is 9. The van der Waals surface area contributed by atoms with Crippen LogP contribution in [-0.4, -0.2) is 19.9 Å². The summed E-state index contributed by atoms with van der Waals surface area (Å²) in [5, 5.41) is 8.60. The second-order valence-electron chi connectivity index (χ2n) is 15.3. The maximum atomic E-state index is 5.55. The molecule has 0 spiro atoms. The maximum Gasteiger partial charge on any atom is 0.161 e. The normalized spacial score (nSPS) is 11.7. The summed E-state index contributed by atoms with van der Waals surface area (Å²) >= 11 is 0. The van der Waals surface area contributed by atoms with Crippen LogP contribution in [0.3, 0.4) is 0 Å². The monoisotopic (exact) mass is 762 g/mol. The predicted molar refractivity (Wildman–Crippen MR) is 250 cm³/mol. The molecule has 12 rings (SSSR count). The second kappa shape index (κ2) is 13.8. The SMILES string of the molecule is c1ccc(-c2ccc(-c3nc(-c4c5ccccc5c(-c5ccc6ccc7c(-c8ccccc8)c8ccccc8nc7c6n5)c5ccccc45)nc4ccccc34)cc2)cc1. The average molecular weight is 763 g/mol. The van der Waals surface area contributed by atoms with Crippen LogP contribution in [0.5, 0.6) is 0 Å². The van der Waals surface area contributed by atoms with Crippen LogP contribution in [0.15, 0.2) is 206 Å². The number of pyridine rings is 2. The van der Waals surface area contributed by atoms with Crippen LogP contribution in [0.1, 0.15) is 0 Å². The Hall–Kier alpha value is -8.08. The summed E-state index contributed by atoms with van der Waals surface area (Å²) in [7, 11) is 0. The quantitative estimate of drug-likeness (QED) is 0.129. The molecule has 60 heavy (non-hydrogen) atoms. The Balaban J connectivity index is 1.09. The lowest BCUT2D eigenvalue weighted by molar-refractivity contribution is 1.24. The van der Waals surface area contributed by atoms with Crippen molar-refractivity contribution in [1.82, 2.24) is 19.9 Å². The third kappa shape index (κ3) is 5.46. The van der Waals surface area contributed by atoms with Gasteiger partial charge in [0.25, 0.3) is 0 Å². The van der Waals surface area contributed by atoms with Gasteiger partial charge in [0.2, 0.25) is 0 Å². The summed E-state index contributed by atoms with van der Waals surface area (Å²) in [6.45, 7) is 0. The predicted octanol–water partition coefficient (Wildman–Crippen LogP) is 14.5. The van der Waals surface area contributed by atoms with Crippen LogP contribution in [-0.2, 0) is 0 Å². The topological polar surface area (TPSA) is 51.6 Å². The van der Waals surface area contributed by atoms with Crippen molar-refractivity contribution in [2.45, 2.75) is 0 Å². The Morgan fingerprint density at radius 3 is 1.42 bits per heavy atom. The number of nitrogens with zero attached hydrogens (tertiary/aromatic N) is 4. The van der Waals surface area contributed by atoms with E-state index in [1.54, 1.807) is 0 Å². The molecule has 4 heteroatoms. The molecular formula is C56H34N4. The Bertz CT molecular complexity index is 3580. The molecule has 0 fully saturated rings. The zero-order valence-corrected chi connectivity index (χ0v) is 32.4. The molecule has 278 valence electrons. The lowest BCUT2D eigenvalue weighted by atomic mass is 9.89. The van der Waals surface area contributed by atoms with Gasteiger partial charge in [-0.2, -0.15) is 0 Å². The average Bonchev–Trinajstić information content (AvgIpc) is 3.32. The van der Waals surface area contributed by atoms with Crippen LogP contribution in [0.4, 0.5) is 0 Å². The lowest BCUT2D eigenvalue weighted by Gasteiger charge is -2.18. The van der Waals surface area contributed by atoms with Crippen LogP contribution in [0.25, 0.3) is 121 Å². The molecule has 3 heterocycles. The van der Waals surface area contributed by atoms with E-state index in [1.165, 1.54) is 16.7 Å². The Labute approximate surface area is 346 Å². The first kappa shape index (κ1) is 34.0. The van der Waals surface area contributed by atoms with Crippen molar-refractivity contribution in [3.8, 4) is 56.2 Å². The number of hydrogen-bond donors (Lipinski definition) is 0. The van der Waals surface area contributed by atoms with E-state index in [4.69, 9.17) is 19.9 Å². The summed E-state index contributed by atoms with van der Waals surface area (Å²) in [6, 6.07) is 72.5. The maximum absolute atomic E-state index is 5.55. The molecule has 0 saturated carbocycles. The largest absolute Gasteiger partial charge is 0.245 e. The first-order valence-electron chi connectivity index (χ1n) is 20.3. The van der Waals surface area contributed by atoms with Gasteiger partial charge in [0.15, 0.2) is 5.82 Å². The Morgan fingerprint density at radius 2 is 0.750 bits per heavy atom. The molecule has 0 aliphatic heterocycles. The third-order valence-electron chi connectivity index (χ3n) is 11.9. The van der Waals surface area contributed by atoms with E-state index >= 15 is 0 Å². The van der Waals surface area contributed by atoms with E-state index in [-0.39, 0.29) is 0 Å². The van der Waals surface area contributed by atoms with Gasteiger partial charge in [0.1, 0.15) is 0 Å². The smallest absolute Gasteiger partial charge is 0.161 e. The van der Waals surface area contributed by atoms with E-state index in [1.807, 2.05) is 6.07 Å². The van der Waals surface area contributed by atoms with Gasteiger partial charge in [0, 0.05) is 43.8 Å². The van der Waals surface area contributed by atoms with Gasteiger partial charge in [-0.05, 0) is 56.4 Å². The van der Waals surface area contributed by atoms with E-state index in [0.717, 1.165) is 98.8 Å². The molecule has 0 bridgehead atoms. The summed E-state index contributed by atoms with van der Waals surface area (Å²) in [5.74, 6) is 0.691. The number of aromatic nitrogens is 4. The van der Waals surface area contributed by atoms with Gasteiger partial charge in [-0.25, -0.2) is 19.9 Å². The molecule has 4 nitrogen and oxygen atoms in total. The van der Waals surface area contributed by atoms with Gasteiger partial charge in [-0.3, -0.25) is 0 Å². The second-order valence-corrected chi connectivity index (χ2v) is 15.3. The van der Waals surface area contributed by atoms with E-state index in [2.05, 4.69) is 200 Å². The van der Waals surface area contributed by atoms with Crippen LogP contribution in [0, 0.1) is 0 Å². The fraction of sp³-hybridized carbons (Fsp3) is 0. The number of fused-ring (bicyclic) bond motifs is 7. The zero-order chi connectivity index (χ0) is 39.6. The van der Waals surface area contributed by atoms with Crippen LogP contribution >= 0.6 is 0 Å². The fourth-order valence-corrected chi connectivity index (χ4v) is 9.10. The summed E-state index contributed by atoms with van der Waals surface area (Å²) < 4.78 is 0. The van der Waals surface area contributed by atoms with Gasteiger partial charge < -0.3 is 0 Å². The molecule has 0 atom stereocenters. The molecule has 0 saturated heterocycles. The standard InChI is InChI=1S/C56H34N4/c1-3-15-35(16-4-1)36-27-29-38(30-28-36)53-45-24-12-14-26-48(45)59-56(60-53)52-42-21-9-7-19-40(42)51(41-20-8-10-22-43(41)52)49-34-32-39-31-33-46-50(37-17-5-2-6-18-37)44-23-11-13-25-47(44)57-55(46)54(39)58-49/h1-34H. The minimum Gasteiger partial charge on any atom is -0.245 e. The third-order valence-corrected chi connectivity index (χ3v) is 11.9. The molecule has 12 aromatic rings. The van der Waals surface area contributed by atoms with Crippen LogP contribution < -0.4 is 0 Å². The molecule has 0 radical (unpaired) electrons. The van der Waals surface area contributed by atoms with Gasteiger partial charge >= 0.3 is 0 Å². The Morgan fingerprint density at radius 1 is 0.250 bits per heavy atom. The highest BCUT2D eigenvalue weighted by molar-refractivity contribution is 6.22. The molecule has 0 aliphatic carbocycles. The van der Waals surface area contributed by atoms with Crippen molar-refractivity contribution in [2.75, 3.05) is 0 Å². The number of hydrogen-bond acceptors (Lipinski definition) is 4. The minimum atomic E-state index is 0.691. The van der Waals surface area contributed by atoms with E-state index in [9.17, 15) is 0 Å². The lowest BCUT2D eigenvalue weighted by Crippen LogP contribution is -1.98. The number of para-hydroxylation sites is 2. The van der Waals surface area contributed by atoms with Crippen molar-refractivity contribution in [3.63, 3.8) is 0 Å². The molecule has 9 aromatic carbocycles.